The van der Waals surface area contributed by atoms with Crippen LogP contribution in [0.15, 0.2) is 229 Å². The minimum absolute atomic E-state index is 0.308. The number of pyridine rings is 2. The number of ether oxygens (including phenoxy) is 2. The zero-order valence-corrected chi connectivity index (χ0v) is 46.0. The van der Waals surface area contributed by atoms with E-state index in [1.165, 1.54) is 35.1 Å². The second kappa shape index (κ2) is 25.1. The van der Waals surface area contributed by atoms with Gasteiger partial charge in [-0.25, -0.2) is 0 Å². The molecule has 6 aromatic carbocycles. The third-order valence-corrected chi connectivity index (χ3v) is 15.5. The molecular formula is C71H66N8O2. The van der Waals surface area contributed by atoms with Crippen LogP contribution in [0.25, 0.3) is 33.4 Å². The molecule has 0 unspecified atom stereocenters. The summed E-state index contributed by atoms with van der Waals surface area (Å²) in [5, 5.41) is 29.8. The molecule has 11 rings (SSSR count). The summed E-state index contributed by atoms with van der Waals surface area (Å²) in [5.74, 6) is 2.97. The first-order valence-corrected chi connectivity index (χ1v) is 28.4. The van der Waals surface area contributed by atoms with Gasteiger partial charge in [-0.05, 0) is 142 Å². The maximum absolute atomic E-state index is 9.88. The lowest BCUT2D eigenvalue weighted by Gasteiger charge is -2.34. The first-order chi connectivity index (χ1) is 39.9. The van der Waals surface area contributed by atoms with Gasteiger partial charge in [0.2, 0.25) is 0 Å². The van der Waals surface area contributed by atoms with Crippen molar-refractivity contribution in [3.05, 3.63) is 252 Å². The van der Waals surface area contributed by atoms with Crippen LogP contribution < -0.4 is 20.3 Å². The number of unbranched alkanes of at least 4 members (excludes halogenated alkanes) is 6. The highest BCUT2D eigenvalue weighted by Crippen LogP contribution is 2.56. The number of benzene rings is 6. The van der Waals surface area contributed by atoms with Crippen LogP contribution in [-0.2, 0) is 5.41 Å². The molecule has 2 aromatic heterocycles. The normalized spacial score (nSPS) is 15.3. The van der Waals surface area contributed by atoms with Crippen molar-refractivity contribution in [3.63, 3.8) is 0 Å². The summed E-state index contributed by atoms with van der Waals surface area (Å²) in [6.07, 6.45) is 26.4. The molecule has 3 aliphatic rings. The van der Waals surface area contributed by atoms with Gasteiger partial charge in [-0.3, -0.25) is 31.6 Å². The van der Waals surface area contributed by atoms with Crippen molar-refractivity contribution < 1.29 is 9.47 Å². The number of rotatable bonds is 22. The van der Waals surface area contributed by atoms with Crippen LogP contribution in [0.1, 0.15) is 111 Å². The quantitative estimate of drug-likeness (QED) is 0.0303. The number of allylic oxidation sites excluding steroid dienone is 8. The summed E-state index contributed by atoms with van der Waals surface area (Å²) < 4.78 is 12.3. The molecule has 0 bridgehead atoms. The Morgan fingerprint density at radius 1 is 0.407 bits per heavy atom. The summed E-state index contributed by atoms with van der Waals surface area (Å²) in [5.41, 5.74) is 21.7. The lowest BCUT2D eigenvalue weighted by Crippen LogP contribution is -2.27. The number of hydrogen-bond acceptors (Lipinski definition) is 10. The highest BCUT2D eigenvalue weighted by molar-refractivity contribution is 6.70. The molecule has 10 nitrogen and oxygen atoms in total. The van der Waals surface area contributed by atoms with Crippen LogP contribution in [0, 0.1) is 10.8 Å². The first kappa shape index (κ1) is 53.5. The molecule has 2 heterocycles. The van der Waals surface area contributed by atoms with Gasteiger partial charge < -0.3 is 9.47 Å². The standard InChI is InChI=1S/C71H66N8O2/c1-3-5-7-15-41-71(42-16-8-6-4-2)65-47-51(61-35-33-59(67(72)69(61)78-76-53-37-43-74-44-38-53)49-21-27-57(28-22-49)80-55-17-11-9-12-18-55)25-31-63(65)64-32-26-52(48-66(64)71)62-36-34-60(68(73)70(62)79-77-54-39-45-75-46-40-54)50-23-29-58(30-24-50)81-56-19-13-10-14-20-56/h9-14,17-40,43-48,72-73H,3-8,15-16,41-42H2,1-2H3,(H,74,76)(H,75,77)/b72-67?,73-68?,78-69-,79-70-. The average Bonchev–Trinajstić information content (AvgIpc) is 3.35. The maximum Gasteiger partial charge on any atom is 0.127 e. The Labute approximate surface area is 475 Å². The Balaban J connectivity index is 1.00. The van der Waals surface area contributed by atoms with Gasteiger partial charge in [-0.2, -0.15) is 10.2 Å². The van der Waals surface area contributed by atoms with Crippen LogP contribution in [0.5, 0.6) is 23.0 Å². The summed E-state index contributed by atoms with van der Waals surface area (Å²) in [7, 11) is 0. The van der Waals surface area contributed by atoms with Crippen LogP contribution in [0.4, 0.5) is 11.4 Å². The molecule has 0 spiro atoms. The molecular weight excluding hydrogens is 997 g/mol. The van der Waals surface area contributed by atoms with Crippen LogP contribution in [0.3, 0.4) is 0 Å². The zero-order valence-electron chi connectivity index (χ0n) is 46.0. The number of hydrogen-bond donors (Lipinski definition) is 4. The van der Waals surface area contributed by atoms with E-state index in [2.05, 4.69) is 95.4 Å². The van der Waals surface area contributed by atoms with Crippen LogP contribution in [-0.4, -0.2) is 32.8 Å². The predicted octanol–water partition coefficient (Wildman–Crippen LogP) is 18.2. The third kappa shape index (κ3) is 11.9. The minimum atomic E-state index is -0.308. The van der Waals surface area contributed by atoms with E-state index in [0.29, 0.717) is 22.8 Å². The first-order valence-electron chi connectivity index (χ1n) is 28.4. The molecule has 0 saturated carbocycles. The Hall–Kier alpha value is -9.54. The second-order valence-corrected chi connectivity index (χ2v) is 20.8. The van der Waals surface area contributed by atoms with E-state index in [-0.39, 0.29) is 5.41 Å². The molecule has 0 amide bonds. The van der Waals surface area contributed by atoms with Crippen LogP contribution in [0.2, 0.25) is 0 Å². The maximum atomic E-state index is 9.88. The lowest BCUT2D eigenvalue weighted by atomic mass is 9.69. The van der Waals surface area contributed by atoms with Crippen molar-refractivity contribution in [3.8, 4) is 34.1 Å². The van der Waals surface area contributed by atoms with Crippen molar-refractivity contribution in [2.24, 2.45) is 10.2 Å². The lowest BCUT2D eigenvalue weighted by molar-refractivity contribution is 0.401. The van der Waals surface area contributed by atoms with Gasteiger partial charge in [0.25, 0.3) is 0 Å². The van der Waals surface area contributed by atoms with E-state index in [4.69, 9.17) is 19.7 Å². The Kier molecular flexibility index (Phi) is 16.5. The molecule has 0 fully saturated rings. The summed E-state index contributed by atoms with van der Waals surface area (Å²) in [4.78, 5) is 8.45. The van der Waals surface area contributed by atoms with Gasteiger partial charge in [0.05, 0.1) is 22.8 Å². The SMILES string of the molecule is CCCCCCC1(CCCCCC)c2cc(C3=CC=C(c4ccc(Oc5ccccc5)cc4)C(=N)/C3=N\Nc3ccncc3)ccc2-c2ccc(C3=CC=C(c4ccc(Oc5ccccc5)cc4)C(=N)/C3=N\Nc3ccncc3)cc21. The third-order valence-electron chi connectivity index (χ3n) is 15.5. The molecule has 8 aromatic rings. The van der Waals surface area contributed by atoms with E-state index in [1.54, 1.807) is 24.8 Å². The van der Waals surface area contributed by atoms with Crippen molar-refractivity contribution >= 4 is 56.5 Å². The second-order valence-electron chi connectivity index (χ2n) is 20.8. The average molecular weight is 1060 g/mol. The van der Waals surface area contributed by atoms with Gasteiger partial charge >= 0.3 is 0 Å². The van der Waals surface area contributed by atoms with Crippen molar-refractivity contribution in [1.29, 1.82) is 10.8 Å². The van der Waals surface area contributed by atoms with E-state index >= 15 is 0 Å². The number of anilines is 2. The molecule has 4 N–H and O–H groups in total. The number of nitrogens with one attached hydrogen (secondary N) is 4. The Morgan fingerprint density at radius 3 is 1.17 bits per heavy atom. The van der Waals surface area contributed by atoms with Crippen molar-refractivity contribution in [2.75, 3.05) is 10.9 Å². The Morgan fingerprint density at radius 2 is 0.778 bits per heavy atom. The Bertz CT molecular complexity index is 3490. The fourth-order valence-corrected chi connectivity index (χ4v) is 11.3. The van der Waals surface area contributed by atoms with Crippen LogP contribution >= 0.6 is 0 Å². The number of hydrazone groups is 2. The zero-order chi connectivity index (χ0) is 55.4. The van der Waals surface area contributed by atoms with Gasteiger partial charge in [0, 0.05) is 52.5 Å². The molecule has 3 aliphatic carbocycles. The molecule has 0 saturated heterocycles. The number of fused-ring (bicyclic) bond motifs is 3. The van der Waals surface area contributed by atoms with Gasteiger partial charge in [-0.1, -0.05) is 174 Å². The number of para-hydroxylation sites is 2. The molecule has 0 aliphatic heterocycles. The van der Waals surface area contributed by atoms with Gasteiger partial charge in [0.15, 0.2) is 0 Å². The van der Waals surface area contributed by atoms with E-state index in [0.717, 1.165) is 130 Å². The van der Waals surface area contributed by atoms with Gasteiger partial charge in [0.1, 0.15) is 34.4 Å². The van der Waals surface area contributed by atoms with Gasteiger partial charge in [-0.15, -0.1) is 0 Å². The molecule has 81 heavy (non-hydrogen) atoms. The highest BCUT2D eigenvalue weighted by Gasteiger charge is 2.43. The van der Waals surface area contributed by atoms with E-state index in [1.807, 2.05) is 133 Å². The van der Waals surface area contributed by atoms with Crippen molar-refractivity contribution in [1.82, 2.24) is 9.97 Å². The fourth-order valence-electron chi connectivity index (χ4n) is 11.3. The van der Waals surface area contributed by atoms with E-state index in [9.17, 15) is 10.8 Å². The minimum Gasteiger partial charge on any atom is -0.457 e. The fraction of sp³-hybridized carbons (Fsp3) is 0.183. The summed E-state index contributed by atoms with van der Waals surface area (Å²) in [6, 6.07) is 56.7. The molecule has 10 heteroatoms. The topological polar surface area (TPSA) is 141 Å². The summed E-state index contributed by atoms with van der Waals surface area (Å²) in [6.45, 7) is 4.56. The highest BCUT2D eigenvalue weighted by atomic mass is 16.5. The monoisotopic (exact) mass is 1060 g/mol. The molecule has 402 valence electrons. The van der Waals surface area contributed by atoms with Crippen molar-refractivity contribution in [2.45, 2.75) is 83.5 Å². The predicted molar refractivity (Wildman–Crippen MR) is 334 cm³/mol. The molecule has 0 atom stereocenters. The smallest absolute Gasteiger partial charge is 0.127 e. The largest absolute Gasteiger partial charge is 0.457 e. The number of aromatic nitrogens is 2. The van der Waals surface area contributed by atoms with E-state index < -0.39 is 0 Å². The molecule has 0 radical (unpaired) electrons. The summed E-state index contributed by atoms with van der Waals surface area (Å²) >= 11 is 0. The number of nitrogens with zero attached hydrogens (tertiary/aromatic N) is 4.